The summed E-state index contributed by atoms with van der Waals surface area (Å²) in [7, 11) is 1.67. The molecule has 0 fully saturated rings. The lowest BCUT2D eigenvalue weighted by Gasteiger charge is -2.03. The van der Waals surface area contributed by atoms with E-state index in [-0.39, 0.29) is 0 Å². The van der Waals surface area contributed by atoms with E-state index in [4.69, 9.17) is 4.74 Å². The zero-order valence-electron chi connectivity index (χ0n) is 11.0. The van der Waals surface area contributed by atoms with Crippen LogP contribution in [-0.4, -0.2) is 38.4 Å². The van der Waals surface area contributed by atoms with Crippen LogP contribution in [0.25, 0.3) is 11.2 Å². The summed E-state index contributed by atoms with van der Waals surface area (Å²) in [5, 5.41) is 7.42. The summed E-state index contributed by atoms with van der Waals surface area (Å²) in [6.45, 7) is 1.35. The molecule has 3 heterocycles. The molecule has 1 N–H and O–H groups in total. The van der Waals surface area contributed by atoms with Crippen molar-refractivity contribution in [3.63, 3.8) is 0 Å². The minimum Gasteiger partial charge on any atom is -0.383 e. The average molecular weight is 270 g/mol. The van der Waals surface area contributed by atoms with Gasteiger partial charge in [-0.2, -0.15) is 5.10 Å². The molecule has 0 unspecified atom stereocenters. The summed E-state index contributed by atoms with van der Waals surface area (Å²) in [5.74, 6) is 0.712. The van der Waals surface area contributed by atoms with Gasteiger partial charge in [0.25, 0.3) is 0 Å². The maximum Gasteiger partial charge on any atom is 0.180 e. The van der Waals surface area contributed by atoms with Crippen LogP contribution in [0.1, 0.15) is 0 Å². The quantitative estimate of drug-likeness (QED) is 0.759. The Labute approximate surface area is 115 Å². The molecule has 0 amide bonds. The molecule has 20 heavy (non-hydrogen) atoms. The van der Waals surface area contributed by atoms with Gasteiger partial charge in [0, 0.05) is 25.7 Å². The lowest BCUT2D eigenvalue weighted by molar-refractivity contribution is 0.183. The summed E-state index contributed by atoms with van der Waals surface area (Å²) in [5.41, 5.74) is 2.26. The van der Waals surface area contributed by atoms with Gasteiger partial charge < -0.3 is 10.1 Å². The molecule has 3 aromatic rings. The van der Waals surface area contributed by atoms with Gasteiger partial charge in [-0.25, -0.2) is 9.97 Å². The Morgan fingerprint density at radius 1 is 1.25 bits per heavy atom. The fraction of sp³-hybridized carbons (Fsp3) is 0.231. The number of nitrogens with zero attached hydrogens (tertiary/aromatic N) is 5. The molecule has 0 aliphatic rings. The smallest absolute Gasteiger partial charge is 0.180 e. The van der Waals surface area contributed by atoms with Gasteiger partial charge in [0.1, 0.15) is 11.3 Å². The van der Waals surface area contributed by atoms with Crippen LogP contribution >= 0.6 is 0 Å². The third-order valence-electron chi connectivity index (χ3n) is 2.76. The van der Waals surface area contributed by atoms with E-state index in [2.05, 4.69) is 25.4 Å². The number of pyridine rings is 1. The van der Waals surface area contributed by atoms with Crippen molar-refractivity contribution in [3.05, 3.63) is 36.9 Å². The molecule has 102 valence electrons. The monoisotopic (exact) mass is 270 g/mol. The largest absolute Gasteiger partial charge is 0.383 e. The SMILES string of the molecule is COCCn1cc(Nc2ccc3nccnc3n2)cn1. The lowest BCUT2D eigenvalue weighted by Crippen LogP contribution is -2.03. The van der Waals surface area contributed by atoms with Crippen molar-refractivity contribution in [2.75, 3.05) is 19.0 Å². The van der Waals surface area contributed by atoms with Crippen LogP contribution in [0.2, 0.25) is 0 Å². The topological polar surface area (TPSA) is 77.8 Å². The van der Waals surface area contributed by atoms with E-state index in [0.717, 1.165) is 17.7 Å². The van der Waals surface area contributed by atoms with Crippen molar-refractivity contribution in [3.8, 4) is 0 Å². The summed E-state index contributed by atoms with van der Waals surface area (Å²) < 4.78 is 6.82. The van der Waals surface area contributed by atoms with Gasteiger partial charge >= 0.3 is 0 Å². The zero-order chi connectivity index (χ0) is 13.8. The van der Waals surface area contributed by atoms with Crippen LogP contribution < -0.4 is 5.32 Å². The van der Waals surface area contributed by atoms with Crippen LogP contribution in [-0.2, 0) is 11.3 Å². The number of ether oxygens (including phenoxy) is 1. The van der Waals surface area contributed by atoms with E-state index in [1.54, 1.807) is 25.7 Å². The normalized spacial score (nSPS) is 10.8. The molecule has 7 heteroatoms. The Morgan fingerprint density at radius 2 is 2.15 bits per heavy atom. The number of rotatable bonds is 5. The van der Waals surface area contributed by atoms with Gasteiger partial charge in [0.15, 0.2) is 5.65 Å². The second kappa shape index (κ2) is 5.62. The van der Waals surface area contributed by atoms with Gasteiger partial charge in [0.05, 0.1) is 25.0 Å². The molecule has 0 bridgehead atoms. The van der Waals surface area contributed by atoms with Crippen LogP contribution in [0.15, 0.2) is 36.9 Å². The second-order valence-electron chi connectivity index (χ2n) is 4.21. The molecular formula is C13H14N6O. The fourth-order valence-electron chi connectivity index (χ4n) is 1.81. The van der Waals surface area contributed by atoms with Crippen LogP contribution in [0, 0.1) is 0 Å². The highest BCUT2D eigenvalue weighted by Gasteiger charge is 2.02. The van der Waals surface area contributed by atoms with Crippen LogP contribution in [0.3, 0.4) is 0 Å². The molecule has 0 saturated carbocycles. The van der Waals surface area contributed by atoms with Crippen molar-refractivity contribution in [2.24, 2.45) is 0 Å². The first-order chi connectivity index (χ1) is 9.85. The fourth-order valence-corrected chi connectivity index (χ4v) is 1.81. The van der Waals surface area contributed by atoms with E-state index < -0.39 is 0 Å². The maximum atomic E-state index is 5.01. The number of aromatic nitrogens is 5. The third kappa shape index (κ3) is 2.72. The third-order valence-corrected chi connectivity index (χ3v) is 2.76. The summed E-state index contributed by atoms with van der Waals surface area (Å²) in [4.78, 5) is 12.8. The molecule has 7 nitrogen and oxygen atoms in total. The predicted molar refractivity (Wildman–Crippen MR) is 74.7 cm³/mol. The van der Waals surface area contributed by atoms with Crippen molar-refractivity contribution in [1.82, 2.24) is 24.7 Å². The number of fused-ring (bicyclic) bond motifs is 1. The molecule has 0 radical (unpaired) electrons. The van der Waals surface area contributed by atoms with Gasteiger partial charge in [-0.3, -0.25) is 9.67 Å². The lowest BCUT2D eigenvalue weighted by atomic mass is 10.4. The number of hydrogen-bond donors (Lipinski definition) is 1. The number of methoxy groups -OCH3 is 1. The van der Waals surface area contributed by atoms with Gasteiger partial charge in [-0.15, -0.1) is 0 Å². The molecule has 0 saturated heterocycles. The van der Waals surface area contributed by atoms with E-state index >= 15 is 0 Å². The maximum absolute atomic E-state index is 5.01. The minimum absolute atomic E-state index is 0.615. The number of hydrogen-bond acceptors (Lipinski definition) is 6. The van der Waals surface area contributed by atoms with Gasteiger partial charge in [0.2, 0.25) is 0 Å². The van der Waals surface area contributed by atoms with Crippen molar-refractivity contribution in [2.45, 2.75) is 6.54 Å². The van der Waals surface area contributed by atoms with Crippen molar-refractivity contribution >= 4 is 22.7 Å². The Balaban J connectivity index is 1.76. The highest BCUT2D eigenvalue weighted by atomic mass is 16.5. The number of anilines is 2. The van der Waals surface area contributed by atoms with E-state index in [0.29, 0.717) is 18.1 Å². The van der Waals surface area contributed by atoms with Gasteiger partial charge in [-0.1, -0.05) is 0 Å². The standard InChI is InChI=1S/C13H14N6O/c1-20-7-6-19-9-10(8-16-19)17-12-3-2-11-13(18-12)15-5-4-14-11/h2-5,8-9H,6-7H2,1H3,(H,15,17,18). The second-order valence-corrected chi connectivity index (χ2v) is 4.21. The molecule has 0 aliphatic carbocycles. The Hall–Kier alpha value is -2.54. The van der Waals surface area contributed by atoms with Crippen molar-refractivity contribution < 1.29 is 4.74 Å². The Bertz CT molecular complexity index is 711. The van der Waals surface area contributed by atoms with E-state index in [9.17, 15) is 0 Å². The molecule has 3 rings (SSSR count). The predicted octanol–water partition coefficient (Wildman–Crippen LogP) is 1.61. The highest BCUT2D eigenvalue weighted by Crippen LogP contribution is 2.15. The average Bonchev–Trinajstić information content (AvgIpc) is 2.92. The number of nitrogens with one attached hydrogen (secondary N) is 1. The Kier molecular flexibility index (Phi) is 3.51. The summed E-state index contributed by atoms with van der Waals surface area (Å²) in [6.07, 6.45) is 6.93. The van der Waals surface area contributed by atoms with Gasteiger partial charge in [-0.05, 0) is 12.1 Å². The van der Waals surface area contributed by atoms with Crippen molar-refractivity contribution in [1.29, 1.82) is 0 Å². The molecule has 0 aliphatic heterocycles. The first kappa shape index (κ1) is 12.5. The van der Waals surface area contributed by atoms with E-state index in [1.807, 2.05) is 23.0 Å². The highest BCUT2D eigenvalue weighted by molar-refractivity contribution is 5.72. The zero-order valence-corrected chi connectivity index (χ0v) is 11.0. The molecular weight excluding hydrogens is 256 g/mol. The molecule has 0 spiro atoms. The van der Waals surface area contributed by atoms with Crippen LogP contribution in [0.5, 0.6) is 0 Å². The van der Waals surface area contributed by atoms with E-state index in [1.165, 1.54) is 0 Å². The Morgan fingerprint density at radius 3 is 3.05 bits per heavy atom. The molecule has 3 aromatic heterocycles. The molecule has 0 aromatic carbocycles. The van der Waals surface area contributed by atoms with Crippen LogP contribution in [0.4, 0.5) is 11.5 Å². The molecule has 0 atom stereocenters. The minimum atomic E-state index is 0.615. The summed E-state index contributed by atoms with van der Waals surface area (Å²) >= 11 is 0. The first-order valence-corrected chi connectivity index (χ1v) is 6.21. The summed E-state index contributed by atoms with van der Waals surface area (Å²) in [6, 6.07) is 3.75. The first-order valence-electron chi connectivity index (χ1n) is 6.21.